The summed E-state index contributed by atoms with van der Waals surface area (Å²) in [6.07, 6.45) is 1.60. The predicted molar refractivity (Wildman–Crippen MR) is 83.6 cm³/mol. The Bertz CT molecular complexity index is 761. The number of pyridine rings is 1. The number of hydrogen-bond acceptors (Lipinski definition) is 2. The van der Waals surface area contributed by atoms with Crippen molar-refractivity contribution in [2.45, 2.75) is 6.54 Å². The van der Waals surface area contributed by atoms with Gasteiger partial charge in [-0.25, -0.2) is 9.18 Å². The molecule has 0 aliphatic rings. The van der Waals surface area contributed by atoms with Crippen LogP contribution < -0.4 is 10.9 Å². The number of hydrogen-bond donors (Lipinski definition) is 1. The Kier molecular flexibility index (Phi) is 4.82. The largest absolute Gasteiger partial charge is 0.323 e. The van der Waals surface area contributed by atoms with Crippen LogP contribution in [-0.2, 0) is 13.6 Å². The van der Waals surface area contributed by atoms with Crippen LogP contribution in [0.5, 0.6) is 0 Å². The van der Waals surface area contributed by atoms with Gasteiger partial charge in [-0.3, -0.25) is 4.79 Å². The molecule has 0 saturated heterocycles. The number of nitrogens with zero attached hydrogens (tertiary/aromatic N) is 2. The second kappa shape index (κ2) is 6.62. The minimum atomic E-state index is -0.537. The lowest BCUT2D eigenvalue weighted by atomic mass is 10.2. The second-order valence-electron chi connectivity index (χ2n) is 4.87. The quantitative estimate of drug-likeness (QED) is 0.944. The van der Waals surface area contributed by atoms with Crippen LogP contribution in [0.25, 0.3) is 0 Å². The van der Waals surface area contributed by atoms with Gasteiger partial charge in [0.05, 0.1) is 5.02 Å². The van der Waals surface area contributed by atoms with E-state index in [0.29, 0.717) is 5.56 Å². The Morgan fingerprint density at radius 3 is 2.82 bits per heavy atom. The molecule has 0 saturated carbocycles. The monoisotopic (exact) mass is 323 g/mol. The highest BCUT2D eigenvalue weighted by Gasteiger charge is 2.12. The number of aromatic nitrogens is 1. The minimum Gasteiger partial charge on any atom is -0.323 e. The van der Waals surface area contributed by atoms with Gasteiger partial charge in [-0.15, -0.1) is 0 Å². The SMILES string of the molecule is CN(Cc1ccc(Cl)c(F)c1)C(=O)Nc1cccn(C)c1=O. The summed E-state index contributed by atoms with van der Waals surface area (Å²) in [7, 11) is 3.15. The van der Waals surface area contributed by atoms with Crippen molar-refractivity contribution >= 4 is 23.3 Å². The van der Waals surface area contributed by atoms with Gasteiger partial charge in [-0.1, -0.05) is 17.7 Å². The van der Waals surface area contributed by atoms with E-state index in [9.17, 15) is 14.0 Å². The number of benzene rings is 1. The van der Waals surface area contributed by atoms with E-state index in [1.165, 1.54) is 27.7 Å². The smallest absolute Gasteiger partial charge is 0.322 e. The highest BCUT2D eigenvalue weighted by atomic mass is 35.5. The van der Waals surface area contributed by atoms with E-state index in [0.717, 1.165) is 0 Å². The van der Waals surface area contributed by atoms with Crippen LogP contribution in [0.2, 0.25) is 5.02 Å². The summed E-state index contributed by atoms with van der Waals surface area (Å²) in [4.78, 5) is 25.3. The van der Waals surface area contributed by atoms with Gasteiger partial charge in [0.2, 0.25) is 0 Å². The van der Waals surface area contributed by atoms with Crippen LogP contribution in [-0.4, -0.2) is 22.5 Å². The average molecular weight is 324 g/mol. The van der Waals surface area contributed by atoms with Crippen LogP contribution in [0.1, 0.15) is 5.56 Å². The predicted octanol–water partition coefficient (Wildman–Crippen LogP) is 2.84. The first kappa shape index (κ1) is 16.0. The minimum absolute atomic E-state index is 0.0311. The molecular weight excluding hydrogens is 309 g/mol. The van der Waals surface area contributed by atoms with Gasteiger partial charge >= 0.3 is 6.03 Å². The van der Waals surface area contributed by atoms with Gasteiger partial charge in [-0.05, 0) is 29.8 Å². The molecule has 7 heteroatoms. The number of aryl methyl sites for hydroxylation is 1. The van der Waals surface area contributed by atoms with E-state index in [-0.39, 0.29) is 22.8 Å². The van der Waals surface area contributed by atoms with Gasteiger partial charge in [-0.2, -0.15) is 0 Å². The molecule has 22 heavy (non-hydrogen) atoms. The zero-order valence-corrected chi connectivity index (χ0v) is 12.9. The molecule has 2 rings (SSSR count). The number of rotatable bonds is 3. The fourth-order valence-corrected chi connectivity index (χ4v) is 2.00. The fourth-order valence-electron chi connectivity index (χ4n) is 1.89. The van der Waals surface area contributed by atoms with Crippen molar-refractivity contribution < 1.29 is 9.18 Å². The Morgan fingerprint density at radius 2 is 2.14 bits per heavy atom. The highest BCUT2D eigenvalue weighted by molar-refractivity contribution is 6.30. The van der Waals surface area contributed by atoms with Crippen molar-refractivity contribution in [3.63, 3.8) is 0 Å². The number of urea groups is 1. The molecular formula is C15H15ClFN3O2. The van der Waals surface area contributed by atoms with E-state index in [1.54, 1.807) is 32.4 Å². The molecule has 2 amide bonds. The molecule has 0 fully saturated rings. The van der Waals surface area contributed by atoms with Gasteiger partial charge in [0.1, 0.15) is 11.5 Å². The van der Waals surface area contributed by atoms with Crippen molar-refractivity contribution in [2.75, 3.05) is 12.4 Å². The van der Waals surface area contributed by atoms with E-state index in [4.69, 9.17) is 11.6 Å². The standard InChI is InChI=1S/C15H15ClFN3O2/c1-19-7-3-4-13(14(19)21)18-15(22)20(2)9-10-5-6-11(16)12(17)8-10/h3-8H,9H2,1-2H3,(H,18,22). The number of carbonyl (C=O) groups is 1. The molecule has 1 aromatic heterocycles. The molecule has 0 atom stereocenters. The first-order valence-electron chi connectivity index (χ1n) is 6.50. The third kappa shape index (κ3) is 3.65. The maximum Gasteiger partial charge on any atom is 0.322 e. The van der Waals surface area contributed by atoms with Crippen LogP contribution in [0.4, 0.5) is 14.9 Å². The zero-order valence-electron chi connectivity index (χ0n) is 12.1. The van der Waals surface area contributed by atoms with Gasteiger partial charge in [0.15, 0.2) is 0 Å². The molecule has 1 N–H and O–H groups in total. The van der Waals surface area contributed by atoms with E-state index < -0.39 is 11.8 Å². The third-order valence-corrected chi connectivity index (χ3v) is 3.42. The summed E-state index contributed by atoms with van der Waals surface area (Å²) in [6, 6.07) is 7.07. The van der Waals surface area contributed by atoms with Gasteiger partial charge in [0, 0.05) is 26.8 Å². The van der Waals surface area contributed by atoms with Gasteiger partial charge < -0.3 is 14.8 Å². The third-order valence-electron chi connectivity index (χ3n) is 3.12. The van der Waals surface area contributed by atoms with Crippen LogP contribution >= 0.6 is 11.6 Å². The lowest BCUT2D eigenvalue weighted by Gasteiger charge is -2.18. The summed E-state index contributed by atoms with van der Waals surface area (Å²) in [5.74, 6) is -0.537. The van der Waals surface area contributed by atoms with Crippen molar-refractivity contribution in [3.05, 3.63) is 63.3 Å². The van der Waals surface area contributed by atoms with Crippen molar-refractivity contribution in [1.29, 1.82) is 0 Å². The molecule has 116 valence electrons. The topological polar surface area (TPSA) is 54.3 Å². The normalized spacial score (nSPS) is 10.4. The molecule has 0 aliphatic heterocycles. The zero-order chi connectivity index (χ0) is 16.3. The molecule has 2 aromatic rings. The van der Waals surface area contributed by atoms with E-state index >= 15 is 0 Å². The summed E-state index contributed by atoms with van der Waals surface area (Å²) < 4.78 is 14.7. The number of amides is 2. The maximum absolute atomic E-state index is 13.4. The van der Waals surface area contributed by atoms with Crippen molar-refractivity contribution in [2.24, 2.45) is 7.05 Å². The summed E-state index contributed by atoms with van der Waals surface area (Å²) >= 11 is 5.61. The lowest BCUT2D eigenvalue weighted by molar-refractivity contribution is 0.220. The number of anilines is 1. The number of halogens is 2. The second-order valence-corrected chi connectivity index (χ2v) is 5.28. The lowest BCUT2D eigenvalue weighted by Crippen LogP contribution is -2.33. The Hall–Kier alpha value is -2.34. The summed E-state index contributed by atoms with van der Waals surface area (Å²) in [6.45, 7) is 0.188. The number of nitrogens with one attached hydrogen (secondary N) is 1. The average Bonchev–Trinajstić information content (AvgIpc) is 2.47. The van der Waals surface area contributed by atoms with Crippen LogP contribution in [0.15, 0.2) is 41.3 Å². The molecule has 1 aromatic carbocycles. The van der Waals surface area contributed by atoms with Crippen LogP contribution in [0, 0.1) is 5.82 Å². The van der Waals surface area contributed by atoms with E-state index in [1.807, 2.05) is 0 Å². The Morgan fingerprint density at radius 1 is 1.41 bits per heavy atom. The first-order chi connectivity index (χ1) is 10.4. The molecule has 0 aliphatic carbocycles. The fraction of sp³-hybridized carbons (Fsp3) is 0.200. The molecule has 5 nitrogen and oxygen atoms in total. The summed E-state index contributed by atoms with van der Waals surface area (Å²) in [5, 5.41) is 2.56. The molecule has 0 radical (unpaired) electrons. The Labute approximate surface area is 131 Å². The molecule has 0 spiro atoms. The molecule has 0 unspecified atom stereocenters. The Balaban J connectivity index is 2.07. The van der Waals surface area contributed by atoms with Gasteiger partial charge in [0.25, 0.3) is 5.56 Å². The van der Waals surface area contributed by atoms with E-state index in [2.05, 4.69) is 5.32 Å². The highest BCUT2D eigenvalue weighted by Crippen LogP contribution is 2.16. The maximum atomic E-state index is 13.4. The molecule has 0 bridgehead atoms. The number of carbonyl (C=O) groups excluding carboxylic acids is 1. The summed E-state index contributed by atoms with van der Waals surface area (Å²) in [5.41, 5.74) is 0.478. The molecule has 1 heterocycles. The van der Waals surface area contributed by atoms with Crippen molar-refractivity contribution in [3.8, 4) is 0 Å². The first-order valence-corrected chi connectivity index (χ1v) is 6.88. The van der Waals surface area contributed by atoms with Crippen molar-refractivity contribution in [1.82, 2.24) is 9.47 Å². The van der Waals surface area contributed by atoms with Crippen LogP contribution in [0.3, 0.4) is 0 Å².